The summed E-state index contributed by atoms with van der Waals surface area (Å²) in [6, 6.07) is -0.440. The van der Waals surface area contributed by atoms with E-state index in [0.29, 0.717) is 12.3 Å². The summed E-state index contributed by atoms with van der Waals surface area (Å²) in [5.74, 6) is 1.69. The van der Waals surface area contributed by atoms with Gasteiger partial charge in [0, 0.05) is 12.0 Å². The maximum absolute atomic E-state index is 12.3. The van der Waals surface area contributed by atoms with Crippen LogP contribution in [0.15, 0.2) is 0 Å². The second-order valence-corrected chi connectivity index (χ2v) is 9.57. The van der Waals surface area contributed by atoms with Crippen molar-refractivity contribution in [3.8, 4) is 0 Å². The van der Waals surface area contributed by atoms with Crippen LogP contribution in [-0.4, -0.2) is 30.1 Å². The Bertz CT molecular complexity index is 562. The predicted molar refractivity (Wildman–Crippen MR) is 99.7 cm³/mol. The van der Waals surface area contributed by atoms with Crippen LogP contribution in [-0.2, 0) is 14.3 Å². The fraction of sp³-hybridized carbons (Fsp3) is 0.857. The van der Waals surface area contributed by atoms with E-state index in [4.69, 9.17) is 4.74 Å². The summed E-state index contributed by atoms with van der Waals surface area (Å²) in [5, 5.41) is 5.45. The molecule has 0 aromatic heterocycles. The van der Waals surface area contributed by atoms with E-state index in [1.165, 1.54) is 38.5 Å². The van der Waals surface area contributed by atoms with Crippen LogP contribution in [0.5, 0.6) is 0 Å². The second kappa shape index (κ2) is 7.80. The first-order valence-corrected chi connectivity index (χ1v) is 10.8. The molecule has 0 unspecified atom stereocenters. The Labute approximate surface area is 161 Å². The van der Waals surface area contributed by atoms with Crippen molar-refractivity contribution in [3.05, 3.63) is 0 Å². The molecule has 0 aliphatic heterocycles. The minimum absolute atomic E-state index is 0.128. The minimum Gasteiger partial charge on any atom is -0.456 e. The van der Waals surface area contributed by atoms with Gasteiger partial charge in [-0.15, -0.1) is 0 Å². The molecule has 0 atom stereocenters. The van der Waals surface area contributed by atoms with E-state index >= 15 is 0 Å². The molecule has 6 heteroatoms. The number of esters is 1. The van der Waals surface area contributed by atoms with E-state index in [1.54, 1.807) is 0 Å². The van der Waals surface area contributed by atoms with Gasteiger partial charge in [0.2, 0.25) is 0 Å². The van der Waals surface area contributed by atoms with Crippen LogP contribution in [0.1, 0.15) is 77.0 Å². The van der Waals surface area contributed by atoms with Crippen molar-refractivity contribution in [2.45, 2.75) is 82.6 Å². The van der Waals surface area contributed by atoms with Gasteiger partial charge in [-0.25, -0.2) is 4.79 Å². The average molecular weight is 376 g/mol. The highest BCUT2D eigenvalue weighted by atomic mass is 16.5. The molecule has 5 fully saturated rings. The summed E-state index contributed by atoms with van der Waals surface area (Å²) in [4.78, 5) is 36.2. The number of urea groups is 1. The zero-order chi connectivity index (χ0) is 18.9. The van der Waals surface area contributed by atoms with E-state index in [1.807, 2.05) is 0 Å². The summed E-state index contributed by atoms with van der Waals surface area (Å²) in [6.07, 6.45) is 13.1. The molecule has 5 rings (SSSR count). The molecule has 150 valence electrons. The highest BCUT2D eigenvalue weighted by molar-refractivity contribution is 5.95. The van der Waals surface area contributed by atoms with Crippen molar-refractivity contribution in [1.82, 2.24) is 10.6 Å². The summed E-state index contributed by atoms with van der Waals surface area (Å²) in [5.41, 5.74) is -0.128. The van der Waals surface area contributed by atoms with E-state index in [2.05, 4.69) is 10.6 Å². The summed E-state index contributed by atoms with van der Waals surface area (Å²) < 4.78 is 5.07. The Morgan fingerprint density at radius 2 is 1.48 bits per heavy atom. The molecule has 27 heavy (non-hydrogen) atoms. The van der Waals surface area contributed by atoms with Gasteiger partial charge in [-0.3, -0.25) is 14.9 Å². The number of amides is 3. The van der Waals surface area contributed by atoms with Crippen molar-refractivity contribution in [2.24, 2.45) is 23.7 Å². The fourth-order valence-electron chi connectivity index (χ4n) is 6.53. The van der Waals surface area contributed by atoms with Crippen molar-refractivity contribution in [3.63, 3.8) is 0 Å². The maximum Gasteiger partial charge on any atom is 0.321 e. The van der Waals surface area contributed by atoms with Gasteiger partial charge in [-0.2, -0.15) is 0 Å². The van der Waals surface area contributed by atoms with Gasteiger partial charge in [0.25, 0.3) is 5.91 Å². The molecule has 0 heterocycles. The van der Waals surface area contributed by atoms with Gasteiger partial charge in [-0.05, 0) is 75.0 Å². The lowest BCUT2D eigenvalue weighted by molar-refractivity contribution is -0.149. The largest absolute Gasteiger partial charge is 0.456 e. The first-order chi connectivity index (χ1) is 13.0. The normalized spacial score (nSPS) is 34.9. The maximum atomic E-state index is 12.3. The zero-order valence-electron chi connectivity index (χ0n) is 16.1. The highest BCUT2D eigenvalue weighted by Gasteiger charge is 2.51. The van der Waals surface area contributed by atoms with Gasteiger partial charge >= 0.3 is 12.0 Å². The molecule has 0 aromatic carbocycles. The summed E-state index contributed by atoms with van der Waals surface area (Å²) >= 11 is 0. The standard InChI is InChI=1S/C21H32N2O4/c24-18(13-27-19(25)9-14-4-2-1-3-5-14)22-20(26)23-21-10-15-6-16(11-21)8-17(7-15)12-21/h14-17H,1-13H2,(H2,22,23,24,26). The van der Waals surface area contributed by atoms with Crippen LogP contribution >= 0.6 is 0 Å². The molecule has 6 nitrogen and oxygen atoms in total. The van der Waals surface area contributed by atoms with Crippen LogP contribution < -0.4 is 10.6 Å². The third-order valence-corrected chi connectivity index (χ3v) is 7.21. The Morgan fingerprint density at radius 1 is 0.889 bits per heavy atom. The third kappa shape index (κ3) is 4.64. The number of ether oxygens (including phenoxy) is 1. The topological polar surface area (TPSA) is 84.5 Å². The first kappa shape index (κ1) is 18.8. The number of nitrogens with one attached hydrogen (secondary N) is 2. The number of carbonyl (C=O) groups excluding carboxylic acids is 3. The second-order valence-electron chi connectivity index (χ2n) is 9.57. The van der Waals surface area contributed by atoms with Crippen molar-refractivity contribution >= 4 is 17.9 Å². The Balaban J connectivity index is 1.18. The first-order valence-electron chi connectivity index (χ1n) is 10.8. The third-order valence-electron chi connectivity index (χ3n) is 7.21. The Kier molecular flexibility index (Phi) is 5.42. The predicted octanol–water partition coefficient (Wildman–Crippen LogP) is 3.29. The van der Waals surface area contributed by atoms with Crippen molar-refractivity contribution in [2.75, 3.05) is 6.61 Å². The average Bonchev–Trinajstić information content (AvgIpc) is 2.59. The molecule has 0 aromatic rings. The van der Waals surface area contributed by atoms with Gasteiger partial charge < -0.3 is 10.1 Å². The number of rotatable bonds is 5. The van der Waals surface area contributed by atoms with E-state index in [0.717, 1.165) is 49.9 Å². The van der Waals surface area contributed by atoms with Gasteiger partial charge in [-0.1, -0.05) is 19.3 Å². The lowest BCUT2D eigenvalue weighted by Gasteiger charge is -2.56. The van der Waals surface area contributed by atoms with Gasteiger partial charge in [0.1, 0.15) is 0 Å². The van der Waals surface area contributed by atoms with Crippen molar-refractivity contribution in [1.29, 1.82) is 0 Å². The lowest BCUT2D eigenvalue weighted by Crippen LogP contribution is -2.62. The molecule has 0 spiro atoms. The summed E-state index contributed by atoms with van der Waals surface area (Å²) in [6.45, 7) is -0.375. The zero-order valence-corrected chi connectivity index (χ0v) is 16.1. The molecule has 0 saturated heterocycles. The molecule has 0 radical (unpaired) electrons. The summed E-state index contributed by atoms with van der Waals surface area (Å²) in [7, 11) is 0. The Hall–Kier alpha value is -1.59. The molecular formula is C21H32N2O4. The SMILES string of the molecule is O=C(COC(=O)CC1CCCCC1)NC(=O)NC12CC3CC(CC(C3)C1)C2. The number of carbonyl (C=O) groups is 3. The van der Waals surface area contributed by atoms with E-state index < -0.39 is 11.9 Å². The van der Waals surface area contributed by atoms with Crippen LogP contribution in [0.3, 0.4) is 0 Å². The van der Waals surface area contributed by atoms with Gasteiger partial charge in [0.05, 0.1) is 0 Å². The highest BCUT2D eigenvalue weighted by Crippen LogP contribution is 2.55. The minimum atomic E-state index is -0.547. The van der Waals surface area contributed by atoms with Crippen LogP contribution in [0.2, 0.25) is 0 Å². The fourth-order valence-corrected chi connectivity index (χ4v) is 6.53. The molecule has 5 aliphatic rings. The van der Waals surface area contributed by atoms with E-state index in [9.17, 15) is 14.4 Å². The number of hydrogen-bond acceptors (Lipinski definition) is 4. The van der Waals surface area contributed by atoms with Crippen LogP contribution in [0, 0.1) is 23.7 Å². The molecule has 4 bridgehead atoms. The van der Waals surface area contributed by atoms with Crippen LogP contribution in [0.4, 0.5) is 4.79 Å². The van der Waals surface area contributed by atoms with Crippen LogP contribution in [0.25, 0.3) is 0 Å². The van der Waals surface area contributed by atoms with Gasteiger partial charge in [0.15, 0.2) is 6.61 Å². The lowest BCUT2D eigenvalue weighted by atomic mass is 9.53. The smallest absolute Gasteiger partial charge is 0.321 e. The van der Waals surface area contributed by atoms with Crippen molar-refractivity contribution < 1.29 is 19.1 Å². The molecule has 5 aliphatic carbocycles. The molecule has 5 saturated carbocycles. The Morgan fingerprint density at radius 3 is 2.07 bits per heavy atom. The molecule has 3 amide bonds. The van der Waals surface area contributed by atoms with E-state index in [-0.39, 0.29) is 18.1 Å². The monoisotopic (exact) mass is 376 g/mol. The molecular weight excluding hydrogens is 344 g/mol. The quantitative estimate of drug-likeness (QED) is 0.721. The molecule has 2 N–H and O–H groups in total. The number of imide groups is 1. The number of hydrogen-bond donors (Lipinski definition) is 2.